The Balaban J connectivity index is 1.70. The summed E-state index contributed by atoms with van der Waals surface area (Å²) in [6.45, 7) is 3.03. The van der Waals surface area contributed by atoms with E-state index < -0.39 is 10.0 Å². The van der Waals surface area contributed by atoms with Crippen LogP contribution in [0.25, 0.3) is 11.0 Å². The molecule has 0 bridgehead atoms. The quantitative estimate of drug-likeness (QED) is 0.542. The van der Waals surface area contributed by atoms with Gasteiger partial charge in [0.2, 0.25) is 5.16 Å². The Bertz CT molecular complexity index is 984. The number of aromatic nitrogens is 3. The van der Waals surface area contributed by atoms with Crippen LogP contribution in [0.4, 0.5) is 0 Å². The van der Waals surface area contributed by atoms with Crippen LogP contribution in [-0.2, 0) is 21.3 Å². The number of aromatic amines is 1. The average molecular weight is 390 g/mol. The van der Waals surface area contributed by atoms with Crippen molar-refractivity contribution in [3.63, 3.8) is 0 Å². The standard InChI is InChI=1S/C18H22N4O4S/c1-13-16(19-9-8-17(13)26-11-5-10-25-2)12-20-27(23,24)18-21-14-6-3-4-7-15(14)22-18/h3-4,6-9,20H,5,10-12H2,1-2H3,(H,21,22). The number of nitrogens with one attached hydrogen (secondary N) is 2. The summed E-state index contributed by atoms with van der Waals surface area (Å²) in [4.78, 5) is 11.2. The fourth-order valence-corrected chi connectivity index (χ4v) is 3.49. The van der Waals surface area contributed by atoms with Gasteiger partial charge in [0.1, 0.15) is 5.75 Å². The first kappa shape index (κ1) is 19.3. The summed E-state index contributed by atoms with van der Waals surface area (Å²) in [7, 11) is -2.15. The number of hydrogen-bond acceptors (Lipinski definition) is 6. The SMILES string of the molecule is COCCCOc1ccnc(CNS(=O)(=O)c2nc3ccccc3[nH]2)c1C. The minimum atomic E-state index is -3.79. The lowest BCUT2D eigenvalue weighted by atomic mass is 10.2. The third kappa shape index (κ3) is 4.62. The summed E-state index contributed by atoms with van der Waals surface area (Å²) in [5, 5.41) is -0.117. The van der Waals surface area contributed by atoms with Gasteiger partial charge in [-0.1, -0.05) is 12.1 Å². The molecule has 0 fully saturated rings. The summed E-state index contributed by atoms with van der Waals surface area (Å²) >= 11 is 0. The van der Waals surface area contributed by atoms with Crippen molar-refractivity contribution in [1.82, 2.24) is 19.7 Å². The molecule has 8 nitrogen and oxygen atoms in total. The molecule has 9 heteroatoms. The van der Waals surface area contributed by atoms with Crippen LogP contribution in [0.15, 0.2) is 41.7 Å². The highest BCUT2D eigenvalue weighted by atomic mass is 32.2. The maximum Gasteiger partial charge on any atom is 0.274 e. The lowest BCUT2D eigenvalue weighted by Gasteiger charge is -2.12. The molecular formula is C18H22N4O4S. The Morgan fingerprint density at radius 2 is 2.00 bits per heavy atom. The van der Waals surface area contributed by atoms with Crippen molar-refractivity contribution in [3.05, 3.63) is 47.8 Å². The number of sulfonamides is 1. The Morgan fingerprint density at radius 1 is 1.19 bits per heavy atom. The molecule has 2 aromatic heterocycles. The number of ether oxygens (including phenoxy) is 2. The van der Waals surface area contributed by atoms with Crippen molar-refractivity contribution in [2.24, 2.45) is 0 Å². The minimum Gasteiger partial charge on any atom is -0.493 e. The fraction of sp³-hybridized carbons (Fsp3) is 0.333. The van der Waals surface area contributed by atoms with E-state index in [0.29, 0.717) is 35.7 Å². The number of imidazole rings is 1. The van der Waals surface area contributed by atoms with Crippen molar-refractivity contribution in [1.29, 1.82) is 0 Å². The van der Waals surface area contributed by atoms with E-state index in [0.717, 1.165) is 12.0 Å². The highest BCUT2D eigenvalue weighted by molar-refractivity contribution is 7.89. The molecule has 0 saturated carbocycles. The van der Waals surface area contributed by atoms with Crippen LogP contribution in [0.3, 0.4) is 0 Å². The van der Waals surface area contributed by atoms with Crippen molar-refractivity contribution < 1.29 is 17.9 Å². The van der Waals surface area contributed by atoms with Gasteiger partial charge in [-0.3, -0.25) is 4.98 Å². The number of pyridine rings is 1. The highest BCUT2D eigenvalue weighted by Crippen LogP contribution is 2.20. The number of fused-ring (bicyclic) bond motifs is 1. The smallest absolute Gasteiger partial charge is 0.274 e. The van der Waals surface area contributed by atoms with Gasteiger partial charge in [-0.15, -0.1) is 0 Å². The summed E-state index contributed by atoms with van der Waals surface area (Å²) < 4.78 is 38.3. The van der Waals surface area contributed by atoms with Gasteiger partial charge in [-0.05, 0) is 25.1 Å². The number of H-pyrrole nitrogens is 1. The van der Waals surface area contributed by atoms with Gasteiger partial charge in [-0.2, -0.15) is 0 Å². The highest BCUT2D eigenvalue weighted by Gasteiger charge is 2.19. The molecule has 0 aliphatic rings. The average Bonchev–Trinajstić information content (AvgIpc) is 3.11. The van der Waals surface area contributed by atoms with E-state index in [1.54, 1.807) is 37.6 Å². The van der Waals surface area contributed by atoms with E-state index in [-0.39, 0.29) is 11.7 Å². The van der Waals surface area contributed by atoms with E-state index in [1.165, 1.54) is 0 Å². The second-order valence-electron chi connectivity index (χ2n) is 5.96. The van der Waals surface area contributed by atoms with Crippen LogP contribution in [0.5, 0.6) is 5.75 Å². The number of nitrogens with zero attached hydrogens (tertiary/aromatic N) is 2. The molecule has 0 aliphatic heterocycles. The number of methoxy groups -OCH3 is 1. The molecule has 3 aromatic rings. The molecule has 144 valence electrons. The first-order chi connectivity index (χ1) is 13.0. The van der Waals surface area contributed by atoms with E-state index in [2.05, 4.69) is 19.7 Å². The topological polar surface area (TPSA) is 106 Å². The monoisotopic (exact) mass is 390 g/mol. The summed E-state index contributed by atoms with van der Waals surface area (Å²) in [5.74, 6) is 0.680. The lowest BCUT2D eigenvalue weighted by molar-refractivity contribution is 0.172. The van der Waals surface area contributed by atoms with E-state index in [1.807, 2.05) is 13.0 Å². The van der Waals surface area contributed by atoms with Crippen LogP contribution in [0, 0.1) is 6.92 Å². The van der Waals surface area contributed by atoms with Gasteiger partial charge in [0.25, 0.3) is 10.0 Å². The van der Waals surface area contributed by atoms with Crippen LogP contribution < -0.4 is 9.46 Å². The van der Waals surface area contributed by atoms with E-state index in [4.69, 9.17) is 9.47 Å². The molecular weight excluding hydrogens is 368 g/mol. The summed E-state index contributed by atoms with van der Waals surface area (Å²) in [6, 6.07) is 8.91. The summed E-state index contributed by atoms with van der Waals surface area (Å²) in [6.07, 6.45) is 2.37. The van der Waals surface area contributed by atoms with Crippen molar-refractivity contribution >= 4 is 21.1 Å². The molecule has 0 amide bonds. The Hall–Kier alpha value is -2.49. The lowest BCUT2D eigenvalue weighted by Crippen LogP contribution is -2.25. The Kier molecular flexibility index (Phi) is 6.04. The normalized spacial score (nSPS) is 11.8. The van der Waals surface area contributed by atoms with Crippen LogP contribution in [0.2, 0.25) is 0 Å². The van der Waals surface area contributed by atoms with Gasteiger partial charge in [-0.25, -0.2) is 18.1 Å². The van der Waals surface area contributed by atoms with Gasteiger partial charge >= 0.3 is 0 Å². The first-order valence-electron chi connectivity index (χ1n) is 8.52. The molecule has 2 N–H and O–H groups in total. The van der Waals surface area contributed by atoms with Gasteiger partial charge < -0.3 is 14.5 Å². The third-order valence-electron chi connectivity index (χ3n) is 4.06. The van der Waals surface area contributed by atoms with Crippen LogP contribution >= 0.6 is 0 Å². The van der Waals surface area contributed by atoms with Crippen molar-refractivity contribution in [3.8, 4) is 5.75 Å². The molecule has 0 radical (unpaired) electrons. The number of benzene rings is 1. The second kappa shape index (κ2) is 8.47. The first-order valence-corrected chi connectivity index (χ1v) is 10.00. The number of rotatable bonds is 9. The van der Waals surface area contributed by atoms with Gasteiger partial charge in [0.05, 0.1) is 29.9 Å². The molecule has 1 aromatic carbocycles. The largest absolute Gasteiger partial charge is 0.493 e. The predicted molar refractivity (Wildman–Crippen MR) is 101 cm³/mol. The van der Waals surface area contributed by atoms with Crippen LogP contribution in [0.1, 0.15) is 17.7 Å². The van der Waals surface area contributed by atoms with E-state index >= 15 is 0 Å². The van der Waals surface area contributed by atoms with Gasteiger partial charge in [0, 0.05) is 31.9 Å². The maximum absolute atomic E-state index is 12.5. The zero-order valence-electron chi connectivity index (χ0n) is 15.2. The molecule has 2 heterocycles. The van der Waals surface area contributed by atoms with Crippen LogP contribution in [-0.4, -0.2) is 43.7 Å². The zero-order valence-corrected chi connectivity index (χ0v) is 16.0. The maximum atomic E-state index is 12.5. The van der Waals surface area contributed by atoms with Crippen molar-refractivity contribution in [2.45, 2.75) is 25.0 Å². The molecule has 0 spiro atoms. The molecule has 0 aliphatic carbocycles. The predicted octanol–water partition coefficient (Wildman–Crippen LogP) is 2.16. The molecule has 0 unspecified atom stereocenters. The number of para-hydroxylation sites is 2. The Labute approximate surface area is 158 Å². The molecule has 3 rings (SSSR count). The molecule has 0 atom stereocenters. The fourth-order valence-electron chi connectivity index (χ4n) is 2.57. The summed E-state index contributed by atoms with van der Waals surface area (Å²) in [5.41, 5.74) is 2.65. The van der Waals surface area contributed by atoms with E-state index in [9.17, 15) is 8.42 Å². The third-order valence-corrected chi connectivity index (χ3v) is 5.29. The minimum absolute atomic E-state index is 0.0421. The van der Waals surface area contributed by atoms with Gasteiger partial charge in [0.15, 0.2) is 0 Å². The number of hydrogen-bond donors (Lipinski definition) is 2. The molecule has 27 heavy (non-hydrogen) atoms. The zero-order chi connectivity index (χ0) is 19.3. The van der Waals surface area contributed by atoms with Crippen molar-refractivity contribution in [2.75, 3.05) is 20.3 Å². The molecule has 0 saturated heterocycles. The Morgan fingerprint density at radius 3 is 2.78 bits per heavy atom. The second-order valence-corrected chi connectivity index (χ2v) is 7.64.